The summed E-state index contributed by atoms with van der Waals surface area (Å²) in [6.45, 7) is -0.0407. The number of nitriles is 1. The second kappa shape index (κ2) is 9.35. The van der Waals surface area contributed by atoms with Gasteiger partial charge in [-0.25, -0.2) is 12.7 Å². The molecule has 3 rings (SSSR count). The lowest BCUT2D eigenvalue weighted by Crippen LogP contribution is -2.29. The lowest BCUT2D eigenvalue weighted by molar-refractivity contribution is -0.137. The average molecular weight is 458 g/mol. The fraction of sp³-hybridized carbons (Fsp3) is 0.182. The molecule has 0 spiro atoms. The van der Waals surface area contributed by atoms with Gasteiger partial charge < -0.3 is 9.67 Å². The summed E-state index contributed by atoms with van der Waals surface area (Å²) in [4.78, 5) is 10.9. The monoisotopic (exact) mass is 457 g/mol. The normalized spacial score (nSPS) is 11.4. The Hall–Kier alpha value is -3.12. The highest BCUT2D eigenvalue weighted by atomic mass is 35.5. The zero-order valence-electron chi connectivity index (χ0n) is 16.7. The minimum atomic E-state index is -3.88. The van der Waals surface area contributed by atoms with Crippen molar-refractivity contribution in [2.45, 2.75) is 17.9 Å². The van der Waals surface area contributed by atoms with Gasteiger partial charge in [-0.2, -0.15) is 5.26 Å². The van der Waals surface area contributed by atoms with Crippen LogP contribution in [-0.2, 0) is 27.8 Å². The summed E-state index contributed by atoms with van der Waals surface area (Å²) in [5.74, 6) is -1.05. The number of halogens is 1. The molecule has 1 aromatic heterocycles. The van der Waals surface area contributed by atoms with E-state index in [4.69, 9.17) is 16.7 Å². The van der Waals surface area contributed by atoms with Crippen molar-refractivity contribution in [2.24, 2.45) is 0 Å². The maximum absolute atomic E-state index is 13.2. The molecule has 0 aliphatic rings. The molecule has 0 aliphatic heterocycles. The van der Waals surface area contributed by atoms with Gasteiger partial charge in [-0.15, -0.1) is 0 Å². The number of sulfonamides is 1. The number of hydrogen-bond acceptors (Lipinski definition) is 4. The van der Waals surface area contributed by atoms with E-state index in [-0.39, 0.29) is 28.6 Å². The number of benzene rings is 2. The van der Waals surface area contributed by atoms with Crippen LogP contribution in [0.5, 0.6) is 0 Å². The Kier molecular flexibility index (Phi) is 6.81. The molecule has 3 aromatic rings. The van der Waals surface area contributed by atoms with Crippen molar-refractivity contribution in [3.8, 4) is 17.2 Å². The van der Waals surface area contributed by atoms with E-state index in [1.54, 1.807) is 6.07 Å². The largest absolute Gasteiger partial charge is 0.480 e. The molecule has 0 saturated heterocycles. The molecule has 160 valence electrons. The minimum absolute atomic E-state index is 0.0683. The molecular formula is C22H20ClN3O4S. The zero-order valence-corrected chi connectivity index (χ0v) is 18.3. The number of hydrogen-bond donors (Lipinski definition) is 1. The third-order valence-electron chi connectivity index (χ3n) is 4.81. The number of carbonyl (C=O) groups is 1. The van der Waals surface area contributed by atoms with Crippen LogP contribution in [-0.4, -0.2) is 42.0 Å². The first-order valence-electron chi connectivity index (χ1n) is 9.34. The molecule has 7 nitrogen and oxygen atoms in total. The summed E-state index contributed by atoms with van der Waals surface area (Å²) in [5, 5.41) is 18.5. The Balaban J connectivity index is 1.92. The third-order valence-corrected chi connectivity index (χ3v) is 7.15. The number of nitrogens with zero attached hydrogens (tertiary/aromatic N) is 3. The SMILES string of the molecule is CN(CCc1ccccc1)S(=O)(=O)c1cc(-c2cn(CC(=O)O)cc2C#N)ccc1Cl. The smallest absolute Gasteiger partial charge is 0.323 e. The number of likely N-dealkylation sites (N-methyl/N-ethyl adjacent to an activating group) is 1. The van der Waals surface area contributed by atoms with Gasteiger partial charge in [0.25, 0.3) is 0 Å². The van der Waals surface area contributed by atoms with Crippen LogP contribution in [0, 0.1) is 11.3 Å². The van der Waals surface area contributed by atoms with Crippen LogP contribution in [0.25, 0.3) is 11.1 Å². The molecule has 1 N–H and O–H groups in total. The topological polar surface area (TPSA) is 103 Å². The van der Waals surface area contributed by atoms with Crippen molar-refractivity contribution in [3.63, 3.8) is 0 Å². The Morgan fingerprint density at radius 3 is 2.55 bits per heavy atom. The van der Waals surface area contributed by atoms with Crippen LogP contribution in [0.2, 0.25) is 5.02 Å². The van der Waals surface area contributed by atoms with E-state index in [9.17, 15) is 18.5 Å². The van der Waals surface area contributed by atoms with E-state index < -0.39 is 16.0 Å². The zero-order chi connectivity index (χ0) is 22.6. The molecule has 0 unspecified atom stereocenters. The van der Waals surface area contributed by atoms with Crippen LogP contribution < -0.4 is 0 Å². The van der Waals surface area contributed by atoms with E-state index in [0.717, 1.165) is 5.56 Å². The first kappa shape index (κ1) is 22.6. The first-order chi connectivity index (χ1) is 14.7. The van der Waals surface area contributed by atoms with Crippen molar-refractivity contribution in [1.82, 2.24) is 8.87 Å². The molecule has 0 atom stereocenters. The molecule has 0 bridgehead atoms. The Labute approximate surface area is 185 Å². The van der Waals surface area contributed by atoms with Gasteiger partial charge in [0.15, 0.2) is 0 Å². The molecule has 0 amide bonds. The van der Waals surface area contributed by atoms with E-state index in [2.05, 4.69) is 0 Å². The van der Waals surface area contributed by atoms with Gasteiger partial charge in [0.05, 0.1) is 10.6 Å². The molecule has 31 heavy (non-hydrogen) atoms. The summed E-state index contributed by atoms with van der Waals surface area (Å²) in [6.07, 6.45) is 3.47. The van der Waals surface area contributed by atoms with Gasteiger partial charge >= 0.3 is 5.97 Å². The fourth-order valence-corrected chi connectivity index (χ4v) is 4.83. The summed E-state index contributed by atoms with van der Waals surface area (Å²) in [7, 11) is -2.39. The van der Waals surface area contributed by atoms with Gasteiger partial charge in [-0.1, -0.05) is 48.0 Å². The summed E-state index contributed by atoms with van der Waals surface area (Å²) in [5.41, 5.74) is 2.15. The predicted molar refractivity (Wildman–Crippen MR) is 117 cm³/mol. The Bertz CT molecular complexity index is 1250. The van der Waals surface area contributed by atoms with Crippen molar-refractivity contribution in [2.75, 3.05) is 13.6 Å². The Morgan fingerprint density at radius 2 is 1.90 bits per heavy atom. The standard InChI is InChI=1S/C22H20ClN3O4S/c1-25(10-9-16-5-3-2-4-6-16)31(29,30)21-11-17(7-8-20(21)23)19-14-26(15-22(27)28)13-18(19)12-24/h2-8,11,13-14H,9-10,15H2,1H3,(H,27,28). The first-order valence-corrected chi connectivity index (χ1v) is 11.2. The van der Waals surface area contributed by atoms with E-state index in [0.29, 0.717) is 17.5 Å². The number of aromatic nitrogens is 1. The molecule has 0 fully saturated rings. The second-order valence-corrected chi connectivity index (χ2v) is 9.39. The van der Waals surface area contributed by atoms with Crippen LogP contribution in [0.4, 0.5) is 0 Å². The molecule has 1 heterocycles. The molecule has 0 radical (unpaired) electrons. The van der Waals surface area contributed by atoms with Gasteiger partial charge in [0.1, 0.15) is 17.5 Å². The van der Waals surface area contributed by atoms with Gasteiger partial charge in [-0.3, -0.25) is 4.79 Å². The maximum Gasteiger partial charge on any atom is 0.323 e. The van der Waals surface area contributed by atoms with Crippen LogP contribution >= 0.6 is 11.6 Å². The van der Waals surface area contributed by atoms with Crippen LogP contribution in [0.1, 0.15) is 11.1 Å². The molecular weight excluding hydrogens is 438 g/mol. The highest BCUT2D eigenvalue weighted by molar-refractivity contribution is 7.89. The van der Waals surface area contributed by atoms with Crippen molar-refractivity contribution in [3.05, 3.63) is 77.1 Å². The van der Waals surface area contributed by atoms with E-state index in [1.807, 2.05) is 36.4 Å². The highest BCUT2D eigenvalue weighted by Crippen LogP contribution is 2.32. The Morgan fingerprint density at radius 1 is 1.19 bits per heavy atom. The lowest BCUT2D eigenvalue weighted by atomic mass is 10.1. The summed E-state index contributed by atoms with van der Waals surface area (Å²) in [6, 6.07) is 16.0. The third kappa shape index (κ3) is 5.14. The van der Waals surface area contributed by atoms with Crippen molar-refractivity contribution in [1.29, 1.82) is 5.26 Å². The van der Waals surface area contributed by atoms with Gasteiger partial charge in [0, 0.05) is 31.5 Å². The van der Waals surface area contributed by atoms with Crippen molar-refractivity contribution < 1.29 is 18.3 Å². The molecule has 0 saturated carbocycles. The number of carboxylic acids is 1. The van der Waals surface area contributed by atoms with E-state index in [1.165, 1.54) is 40.4 Å². The predicted octanol–water partition coefficient (Wildman–Crippen LogP) is 3.63. The van der Waals surface area contributed by atoms with Crippen molar-refractivity contribution >= 4 is 27.6 Å². The van der Waals surface area contributed by atoms with Crippen LogP contribution in [0.3, 0.4) is 0 Å². The quantitative estimate of drug-likeness (QED) is 0.556. The number of carboxylic acid groups (broad SMARTS) is 1. The van der Waals surface area contributed by atoms with E-state index >= 15 is 0 Å². The summed E-state index contributed by atoms with van der Waals surface area (Å²) >= 11 is 6.22. The lowest BCUT2D eigenvalue weighted by Gasteiger charge is -2.18. The van der Waals surface area contributed by atoms with Crippen LogP contribution in [0.15, 0.2) is 65.8 Å². The highest BCUT2D eigenvalue weighted by Gasteiger charge is 2.25. The molecule has 9 heteroatoms. The second-order valence-electron chi connectivity index (χ2n) is 6.97. The molecule has 2 aromatic carbocycles. The average Bonchev–Trinajstić information content (AvgIpc) is 3.15. The minimum Gasteiger partial charge on any atom is -0.480 e. The summed E-state index contributed by atoms with van der Waals surface area (Å²) < 4.78 is 28.9. The molecule has 0 aliphatic carbocycles. The maximum atomic E-state index is 13.2. The van der Waals surface area contributed by atoms with Gasteiger partial charge in [0.2, 0.25) is 10.0 Å². The fourth-order valence-electron chi connectivity index (χ4n) is 3.16. The number of rotatable bonds is 8. The van der Waals surface area contributed by atoms with Gasteiger partial charge in [-0.05, 0) is 29.7 Å². The number of aliphatic carboxylic acids is 1.